The monoisotopic (exact) mass is 1310 g/mol. The van der Waals surface area contributed by atoms with E-state index in [4.69, 9.17) is 11.5 Å². The summed E-state index contributed by atoms with van der Waals surface area (Å²) in [4.78, 5) is 160. The molecule has 2 aromatic heterocycles. The van der Waals surface area contributed by atoms with Crippen molar-refractivity contribution in [3.05, 3.63) is 125 Å². The van der Waals surface area contributed by atoms with Gasteiger partial charge in [-0.25, -0.2) is 4.98 Å². The van der Waals surface area contributed by atoms with Gasteiger partial charge in [0.05, 0.1) is 12.9 Å². The Balaban J connectivity index is 1.07. The quantitative estimate of drug-likeness (QED) is 0.0154. The van der Waals surface area contributed by atoms with E-state index in [0.29, 0.717) is 54.6 Å². The predicted molar refractivity (Wildman–Crippen MR) is 353 cm³/mol. The largest absolute Gasteiger partial charge is 0.508 e. The lowest BCUT2D eigenvalue weighted by atomic mass is 9.95. The maximum atomic E-state index is 15.2. The third kappa shape index (κ3) is 19.3. The number of carbonyl (C=O) groups excluding carboxylic acids is 10. The van der Waals surface area contributed by atoms with Crippen molar-refractivity contribution in [3.8, 4) is 5.75 Å². The molecule has 10 amide bonds. The van der Waals surface area contributed by atoms with Gasteiger partial charge >= 0.3 is 0 Å². The number of nitrogens with two attached hydrogens (primary N) is 2. The maximum Gasteiger partial charge on any atom is 0.245 e. The minimum absolute atomic E-state index is 0.0735. The van der Waals surface area contributed by atoms with Gasteiger partial charge < -0.3 is 84.0 Å². The molecule has 2 aliphatic heterocycles. The molecule has 9 atom stereocenters. The number of phenolic OH excluding ortho intramolecular Hbond substituents is 1. The van der Waals surface area contributed by atoms with Gasteiger partial charge in [0.2, 0.25) is 59.1 Å². The number of rotatable bonds is 32. The van der Waals surface area contributed by atoms with E-state index >= 15 is 14.4 Å². The molecule has 1 aliphatic carbocycles. The molecule has 28 heteroatoms. The average Bonchev–Trinajstić information content (AvgIpc) is 1.84. The highest BCUT2D eigenvalue weighted by molar-refractivity contribution is 6.00. The highest BCUT2D eigenvalue weighted by atomic mass is 16.3. The number of fused-ring (bicyclic) bond motifs is 2. The molecule has 3 aliphatic rings. The number of aliphatic imine (C=N–C) groups is 1. The number of imidazole rings is 1. The van der Waals surface area contributed by atoms with E-state index in [0.717, 1.165) is 26.9 Å². The van der Waals surface area contributed by atoms with Crippen LogP contribution < -0.4 is 54.0 Å². The number of aliphatic hydroxyl groups excluding tert-OH is 1. The number of aliphatic hydroxyl groups is 1. The molecular formula is C67H88N16O12. The molecule has 0 bridgehead atoms. The minimum atomic E-state index is -1.77. The molecule has 95 heavy (non-hydrogen) atoms. The van der Waals surface area contributed by atoms with Gasteiger partial charge in [-0.3, -0.25) is 52.9 Å². The van der Waals surface area contributed by atoms with E-state index in [1.54, 1.807) is 25.3 Å². The number of nitrogens with zero attached hydrogens (tertiary/aromatic N) is 4. The zero-order valence-electron chi connectivity index (χ0n) is 54.0. The van der Waals surface area contributed by atoms with E-state index in [2.05, 4.69) is 62.5 Å². The number of benzene rings is 3. The molecule has 0 saturated carbocycles. The van der Waals surface area contributed by atoms with Crippen LogP contribution >= 0.6 is 0 Å². The second kappa shape index (κ2) is 33.6. The van der Waals surface area contributed by atoms with E-state index in [1.165, 1.54) is 48.7 Å². The fourth-order valence-electron chi connectivity index (χ4n) is 12.3. The highest BCUT2D eigenvalue weighted by Gasteiger charge is 2.41. The van der Waals surface area contributed by atoms with Crippen molar-refractivity contribution in [2.75, 3.05) is 33.3 Å². The number of amides is 10. The lowest BCUT2D eigenvalue weighted by molar-refractivity contribution is -0.143. The molecule has 0 spiro atoms. The summed E-state index contributed by atoms with van der Waals surface area (Å²) in [6.07, 6.45) is 10.9. The van der Waals surface area contributed by atoms with Crippen LogP contribution in [0.2, 0.25) is 0 Å². The van der Waals surface area contributed by atoms with Gasteiger partial charge in [-0.2, -0.15) is 0 Å². The number of hydrogen-bond acceptors (Lipinski definition) is 14. The minimum Gasteiger partial charge on any atom is -0.508 e. The second-order valence-electron chi connectivity index (χ2n) is 24.7. The van der Waals surface area contributed by atoms with Gasteiger partial charge in [-0.1, -0.05) is 74.5 Å². The molecule has 2 saturated heterocycles. The summed E-state index contributed by atoms with van der Waals surface area (Å²) in [6, 6.07) is 7.02. The first-order valence-electron chi connectivity index (χ1n) is 32.3. The number of aromatic nitrogens is 3. The highest BCUT2D eigenvalue weighted by Crippen LogP contribution is 2.26. The molecular weight excluding hydrogens is 1220 g/mol. The van der Waals surface area contributed by atoms with Crippen LogP contribution in [0.4, 0.5) is 0 Å². The fourth-order valence-corrected chi connectivity index (χ4v) is 12.3. The Kier molecular flexibility index (Phi) is 25.0. The van der Waals surface area contributed by atoms with Crippen LogP contribution in [0, 0.1) is 5.92 Å². The molecule has 3 aromatic carbocycles. The van der Waals surface area contributed by atoms with Crippen LogP contribution in [0.3, 0.4) is 0 Å². The Morgan fingerprint density at radius 3 is 2.12 bits per heavy atom. The van der Waals surface area contributed by atoms with Gasteiger partial charge in [0.1, 0.15) is 60.1 Å². The van der Waals surface area contributed by atoms with Crippen LogP contribution in [0.5, 0.6) is 5.75 Å². The lowest BCUT2D eigenvalue weighted by Crippen LogP contribution is -2.62. The summed E-state index contributed by atoms with van der Waals surface area (Å²) in [6.45, 7) is 5.19. The second-order valence-corrected chi connectivity index (χ2v) is 24.7. The van der Waals surface area contributed by atoms with Crippen LogP contribution in [0.15, 0.2) is 96.5 Å². The van der Waals surface area contributed by atoms with E-state index < -0.39 is 108 Å². The molecule has 0 unspecified atom stereocenters. The molecule has 0 radical (unpaired) electrons. The molecule has 4 heterocycles. The fraction of sp³-hybridized carbons (Fsp3) is 0.463. The molecule has 8 rings (SSSR count). The summed E-state index contributed by atoms with van der Waals surface area (Å²) >= 11 is 0. The number of phenols is 1. The third-order valence-electron chi connectivity index (χ3n) is 17.2. The number of guanidine groups is 1. The van der Waals surface area contributed by atoms with Gasteiger partial charge in [-0.05, 0) is 115 Å². The van der Waals surface area contributed by atoms with Gasteiger partial charge in [0, 0.05) is 82.6 Å². The number of aromatic hydroxyl groups is 1. The molecule has 16 N–H and O–H groups in total. The Hall–Kier alpha value is -10.1. The standard InChI is InChI=1S/C67H88N16O12/c1-5-71-63(92)55-20-12-28-83(55)66(95)49(19-11-27-72-67(68)69)76-59(88)50(29-38(2)3)77-61(90)52(31-42-34-73-47-18-9-8-17-46(42)47)79-60(89)51(30-39-21-23-44(85)24-22-39)78-62(91)54(36-84)81-64(93)56(32-41-15-10-14-40-13-6-7-16-45(40)41)82(4)65(94)53(33-43-35-70-37-74-43)80-58(87)48-25-26-57(86)75-48/h6-7,9-10,13-16,18,21-24,34-35,37-38,48-56,73,84-85H,5,8,11-12,17,19-20,25-33,36H2,1-4H3,(H,70,74)(H,71,92)(H,75,86)(H,76,88)(H,77,90)(H,78,91)(H,79,89)(H,80,87)(H,81,93)(H4,68,69,72)/t48-,49-,50-,51-,52+,53-,54-,55-,56-/m0/s1. The average molecular weight is 1310 g/mol. The summed E-state index contributed by atoms with van der Waals surface area (Å²) in [5, 5.41) is 44.9. The number of nitrogens with one attached hydrogen (secondary N) is 10. The van der Waals surface area contributed by atoms with E-state index in [9.17, 15) is 43.8 Å². The number of carbonyl (C=O) groups is 10. The zero-order valence-corrected chi connectivity index (χ0v) is 54.0. The van der Waals surface area contributed by atoms with Crippen LogP contribution in [0.25, 0.3) is 16.8 Å². The zero-order chi connectivity index (χ0) is 68.3. The summed E-state index contributed by atoms with van der Waals surface area (Å²) in [7, 11) is 1.37. The first-order valence-corrected chi connectivity index (χ1v) is 32.3. The first kappa shape index (κ1) is 70.7. The van der Waals surface area contributed by atoms with Crippen molar-refractivity contribution >= 4 is 81.9 Å². The number of likely N-dealkylation sites (N-methyl/N-ethyl adjacent to an activating group) is 2. The lowest BCUT2D eigenvalue weighted by Gasteiger charge is -2.32. The van der Waals surface area contributed by atoms with E-state index in [-0.39, 0.29) is 100 Å². The van der Waals surface area contributed by atoms with Gasteiger partial charge in [0.15, 0.2) is 5.96 Å². The van der Waals surface area contributed by atoms with Crippen molar-refractivity contribution in [2.24, 2.45) is 22.4 Å². The van der Waals surface area contributed by atoms with Crippen LogP contribution in [-0.2, 0) is 80.0 Å². The Morgan fingerprint density at radius 2 is 1.43 bits per heavy atom. The number of allylic oxidation sites excluding steroid dienone is 1. The van der Waals surface area contributed by atoms with Crippen molar-refractivity contribution in [2.45, 2.75) is 159 Å². The van der Waals surface area contributed by atoms with Crippen LogP contribution in [-0.4, -0.2) is 188 Å². The topological polar surface area (TPSA) is 423 Å². The Morgan fingerprint density at radius 1 is 0.747 bits per heavy atom. The normalized spacial score (nSPS) is 17.2. The molecule has 508 valence electrons. The first-order chi connectivity index (χ1) is 45.6. The SMILES string of the molecule is CCNC(=O)[C@@H]1CCCN1C(=O)[C@H](CCCN=C(N)N)NC(=O)[C@H](CC(C)C)NC(=O)[C@@H](Cc1c[nH]c2c1CCC=C2)NC(=O)[C@H](Cc1ccc(O)cc1)NC(=O)[C@H](CO)NC(=O)[C@H](Cc1cccc2ccccc12)N(C)C(=O)[C@H](Cc1cnc[nH]1)NC(=O)[C@@H]1CCC(=O)N1. The smallest absolute Gasteiger partial charge is 0.245 e. The Labute approximate surface area is 550 Å². The Bertz CT molecular complexity index is 3600. The third-order valence-corrected chi connectivity index (χ3v) is 17.2. The predicted octanol–water partition coefficient (Wildman–Crippen LogP) is 0.0601. The molecule has 5 aromatic rings. The number of H-pyrrole nitrogens is 2. The summed E-state index contributed by atoms with van der Waals surface area (Å²) in [5.74, 6) is -7.30. The van der Waals surface area contributed by atoms with Crippen LogP contribution in [0.1, 0.15) is 106 Å². The summed E-state index contributed by atoms with van der Waals surface area (Å²) < 4.78 is 0. The van der Waals surface area contributed by atoms with Crippen molar-refractivity contribution < 1.29 is 58.2 Å². The molecule has 2 fully saturated rings. The van der Waals surface area contributed by atoms with Gasteiger partial charge in [-0.15, -0.1) is 0 Å². The number of aromatic amines is 2. The van der Waals surface area contributed by atoms with E-state index in [1.807, 2.05) is 56.3 Å². The van der Waals surface area contributed by atoms with Gasteiger partial charge in [0.25, 0.3) is 0 Å². The number of hydrogen-bond donors (Lipinski definition) is 14. The van der Waals surface area contributed by atoms with Crippen molar-refractivity contribution in [1.29, 1.82) is 0 Å². The molecule has 28 nitrogen and oxygen atoms in total. The number of likely N-dealkylation sites (tertiary alicyclic amines) is 1. The maximum absolute atomic E-state index is 15.2. The summed E-state index contributed by atoms with van der Waals surface area (Å²) in [5.41, 5.74) is 15.1. The van der Waals surface area contributed by atoms with Crippen molar-refractivity contribution in [1.82, 2.24) is 67.3 Å². The van der Waals surface area contributed by atoms with Crippen molar-refractivity contribution in [3.63, 3.8) is 0 Å².